The summed E-state index contributed by atoms with van der Waals surface area (Å²) >= 11 is 0. The summed E-state index contributed by atoms with van der Waals surface area (Å²) in [6.45, 7) is 7.62. The van der Waals surface area contributed by atoms with Crippen LogP contribution in [0.3, 0.4) is 0 Å². The fourth-order valence-electron chi connectivity index (χ4n) is 2.13. The van der Waals surface area contributed by atoms with Crippen LogP contribution in [0.25, 0.3) is 0 Å². The average Bonchev–Trinajstić information content (AvgIpc) is 2.18. The van der Waals surface area contributed by atoms with Gasteiger partial charge in [-0.05, 0) is 19.8 Å². The van der Waals surface area contributed by atoms with Gasteiger partial charge in [-0.2, -0.15) is 0 Å². The minimum Gasteiger partial charge on any atom is -0.459 e. The average molecular weight is 196 g/mol. The van der Waals surface area contributed by atoms with Crippen molar-refractivity contribution in [1.29, 1.82) is 0 Å². The normalized spacial score (nSPS) is 22.4. The minimum absolute atomic E-state index is 0.00769. The lowest BCUT2D eigenvalue weighted by Crippen LogP contribution is -2.35. The first-order valence-corrected chi connectivity index (χ1v) is 5.41. The van der Waals surface area contributed by atoms with E-state index < -0.39 is 0 Å². The van der Waals surface area contributed by atoms with Gasteiger partial charge in [0.25, 0.3) is 0 Å². The van der Waals surface area contributed by atoms with Crippen molar-refractivity contribution in [2.75, 3.05) is 0 Å². The van der Waals surface area contributed by atoms with Gasteiger partial charge in [-0.25, -0.2) is 4.79 Å². The molecule has 0 spiro atoms. The number of carbonyl (C=O) groups is 1. The molecule has 1 atom stereocenters. The van der Waals surface area contributed by atoms with Crippen LogP contribution in [0, 0.1) is 5.41 Å². The van der Waals surface area contributed by atoms with Crippen molar-refractivity contribution < 1.29 is 9.53 Å². The quantitative estimate of drug-likeness (QED) is 0.512. The van der Waals surface area contributed by atoms with Gasteiger partial charge in [0.2, 0.25) is 0 Å². The van der Waals surface area contributed by atoms with Crippen LogP contribution in [0.1, 0.15) is 46.0 Å². The first kappa shape index (κ1) is 11.3. The summed E-state index contributed by atoms with van der Waals surface area (Å²) in [5.41, 5.74) is 0.178. The van der Waals surface area contributed by atoms with E-state index in [2.05, 4.69) is 13.5 Å². The van der Waals surface area contributed by atoms with Crippen molar-refractivity contribution in [3.63, 3.8) is 0 Å². The molecule has 0 heterocycles. The van der Waals surface area contributed by atoms with Crippen LogP contribution in [0.5, 0.6) is 0 Å². The highest BCUT2D eigenvalue weighted by Gasteiger charge is 2.34. The van der Waals surface area contributed by atoms with Crippen molar-refractivity contribution in [3.8, 4) is 0 Å². The van der Waals surface area contributed by atoms with Gasteiger partial charge in [-0.15, -0.1) is 0 Å². The van der Waals surface area contributed by atoms with E-state index in [1.54, 1.807) is 0 Å². The van der Waals surface area contributed by atoms with E-state index in [1.165, 1.54) is 38.2 Å². The molecular formula is C12H20O2. The summed E-state index contributed by atoms with van der Waals surface area (Å²) in [5.74, 6) is -0.302. The standard InChI is InChI=1S/C12H20O2/c1-4-11(13)14-10(2)12(3)8-6-5-7-9-12/h4,10H,1,5-9H2,2-3H3. The number of hydrogen-bond acceptors (Lipinski definition) is 2. The van der Waals surface area contributed by atoms with E-state index in [0.29, 0.717) is 0 Å². The summed E-state index contributed by atoms with van der Waals surface area (Å²) in [6, 6.07) is 0. The number of hydrogen-bond donors (Lipinski definition) is 0. The molecule has 1 fully saturated rings. The SMILES string of the molecule is C=CC(=O)OC(C)C1(C)CCCCC1. The zero-order valence-corrected chi connectivity index (χ0v) is 9.21. The molecule has 2 heteroatoms. The van der Waals surface area contributed by atoms with Crippen LogP contribution in [-0.2, 0) is 9.53 Å². The Kier molecular flexibility index (Phi) is 3.73. The maximum Gasteiger partial charge on any atom is 0.330 e. The van der Waals surface area contributed by atoms with E-state index in [1.807, 2.05) is 6.92 Å². The first-order chi connectivity index (χ1) is 6.58. The molecule has 0 aromatic heterocycles. The van der Waals surface area contributed by atoms with Gasteiger partial charge in [0.15, 0.2) is 0 Å². The fraction of sp³-hybridized carbons (Fsp3) is 0.750. The summed E-state index contributed by atoms with van der Waals surface area (Å²) in [6.07, 6.45) is 7.41. The van der Waals surface area contributed by atoms with Crippen molar-refractivity contribution in [2.45, 2.75) is 52.1 Å². The predicted octanol–water partition coefficient (Wildman–Crippen LogP) is 3.07. The molecule has 1 aliphatic rings. The second-order valence-electron chi connectivity index (χ2n) is 4.50. The smallest absolute Gasteiger partial charge is 0.330 e. The Bertz CT molecular complexity index is 214. The Balaban J connectivity index is 2.52. The molecule has 0 amide bonds. The highest BCUT2D eigenvalue weighted by atomic mass is 16.5. The maximum atomic E-state index is 11.1. The maximum absolute atomic E-state index is 11.1. The number of rotatable bonds is 3. The van der Waals surface area contributed by atoms with E-state index in [-0.39, 0.29) is 17.5 Å². The topological polar surface area (TPSA) is 26.3 Å². The Morgan fingerprint density at radius 1 is 1.43 bits per heavy atom. The molecule has 0 N–H and O–H groups in total. The Morgan fingerprint density at radius 2 is 2.00 bits per heavy atom. The van der Waals surface area contributed by atoms with Gasteiger partial charge >= 0.3 is 5.97 Å². The molecule has 2 nitrogen and oxygen atoms in total. The highest BCUT2D eigenvalue weighted by molar-refractivity contribution is 5.81. The lowest BCUT2D eigenvalue weighted by atomic mass is 9.72. The largest absolute Gasteiger partial charge is 0.459 e. The number of esters is 1. The molecule has 0 saturated heterocycles. The van der Waals surface area contributed by atoms with Crippen LogP contribution in [0.15, 0.2) is 12.7 Å². The van der Waals surface area contributed by atoms with Crippen molar-refractivity contribution >= 4 is 5.97 Å². The Labute approximate surface area is 86.3 Å². The molecule has 1 unspecified atom stereocenters. The van der Waals surface area contributed by atoms with Gasteiger partial charge in [-0.1, -0.05) is 32.8 Å². The second-order valence-corrected chi connectivity index (χ2v) is 4.50. The lowest BCUT2D eigenvalue weighted by molar-refractivity contribution is -0.149. The second kappa shape index (κ2) is 4.63. The molecular weight excluding hydrogens is 176 g/mol. The fourth-order valence-corrected chi connectivity index (χ4v) is 2.13. The van der Waals surface area contributed by atoms with Gasteiger partial charge in [-0.3, -0.25) is 0 Å². The van der Waals surface area contributed by atoms with Crippen LogP contribution in [0.4, 0.5) is 0 Å². The Hall–Kier alpha value is -0.790. The van der Waals surface area contributed by atoms with Gasteiger partial charge in [0.05, 0.1) is 0 Å². The molecule has 1 rings (SSSR count). The van der Waals surface area contributed by atoms with E-state index >= 15 is 0 Å². The molecule has 80 valence electrons. The summed E-state index contributed by atoms with van der Waals surface area (Å²) in [5, 5.41) is 0. The van der Waals surface area contributed by atoms with Crippen LogP contribution in [-0.4, -0.2) is 12.1 Å². The zero-order chi connectivity index (χ0) is 10.6. The van der Waals surface area contributed by atoms with E-state index in [4.69, 9.17) is 4.74 Å². The van der Waals surface area contributed by atoms with Gasteiger partial charge < -0.3 is 4.74 Å². The van der Waals surface area contributed by atoms with Gasteiger partial charge in [0.1, 0.15) is 6.10 Å². The molecule has 0 aromatic rings. The molecule has 1 aliphatic carbocycles. The van der Waals surface area contributed by atoms with Crippen molar-refractivity contribution in [2.24, 2.45) is 5.41 Å². The minimum atomic E-state index is -0.302. The van der Waals surface area contributed by atoms with Crippen LogP contribution >= 0.6 is 0 Å². The molecule has 0 bridgehead atoms. The summed E-state index contributed by atoms with van der Waals surface area (Å²) in [4.78, 5) is 11.1. The van der Waals surface area contributed by atoms with E-state index in [9.17, 15) is 4.79 Å². The molecule has 0 aromatic carbocycles. The first-order valence-electron chi connectivity index (χ1n) is 5.41. The number of ether oxygens (including phenoxy) is 1. The van der Waals surface area contributed by atoms with Crippen molar-refractivity contribution in [1.82, 2.24) is 0 Å². The molecule has 0 radical (unpaired) electrons. The van der Waals surface area contributed by atoms with Crippen LogP contribution < -0.4 is 0 Å². The zero-order valence-electron chi connectivity index (χ0n) is 9.21. The highest BCUT2D eigenvalue weighted by Crippen LogP contribution is 2.39. The molecule has 14 heavy (non-hydrogen) atoms. The van der Waals surface area contributed by atoms with Gasteiger partial charge in [0, 0.05) is 11.5 Å². The summed E-state index contributed by atoms with van der Waals surface area (Å²) < 4.78 is 5.28. The van der Waals surface area contributed by atoms with Crippen LogP contribution in [0.2, 0.25) is 0 Å². The summed E-state index contributed by atoms with van der Waals surface area (Å²) in [7, 11) is 0. The predicted molar refractivity (Wildman–Crippen MR) is 56.9 cm³/mol. The third-order valence-electron chi connectivity index (χ3n) is 3.44. The lowest BCUT2D eigenvalue weighted by Gasteiger charge is -2.38. The van der Waals surface area contributed by atoms with Crippen molar-refractivity contribution in [3.05, 3.63) is 12.7 Å². The molecule has 1 saturated carbocycles. The third-order valence-corrected chi connectivity index (χ3v) is 3.44. The monoisotopic (exact) mass is 196 g/mol. The molecule has 0 aliphatic heterocycles. The third kappa shape index (κ3) is 2.60. The Morgan fingerprint density at radius 3 is 2.50 bits per heavy atom. The van der Waals surface area contributed by atoms with E-state index in [0.717, 1.165) is 0 Å². The number of carbonyl (C=O) groups excluding carboxylic acids is 1.